The van der Waals surface area contributed by atoms with E-state index in [1.54, 1.807) is 43.5 Å². The summed E-state index contributed by atoms with van der Waals surface area (Å²) in [5, 5.41) is 2.76. The monoisotopic (exact) mass is 541 g/mol. The molecule has 2 aromatic carbocycles. The first-order valence-corrected chi connectivity index (χ1v) is 12.5. The standard InChI is InChI=1S/C29H30F3N3O4/c1-18(34-28(37)38-17-19-7-5-4-6-8-19)23-14-13-22(16-33-23)20-9-11-21(12-10-20)25-24(15-30)35(27(36)26(31)32)29(2,3)39-25/h4-14,16,18,24-26H,15,17H2,1-3H3,(H,34,37)/t18?,24-,25+/m0/s1. The summed E-state index contributed by atoms with van der Waals surface area (Å²) in [5.74, 6) is -1.46. The van der Waals surface area contributed by atoms with Gasteiger partial charge in [0.05, 0.1) is 17.8 Å². The molecule has 1 fully saturated rings. The molecule has 1 saturated heterocycles. The van der Waals surface area contributed by atoms with Crippen LogP contribution in [0.3, 0.4) is 0 Å². The van der Waals surface area contributed by atoms with Crippen molar-refractivity contribution in [2.45, 2.75) is 57.7 Å². The normalized spacial score (nSPS) is 19.1. The maximum atomic E-state index is 13.9. The molecule has 1 unspecified atom stereocenters. The highest BCUT2D eigenvalue weighted by Gasteiger charge is 2.52. The van der Waals surface area contributed by atoms with E-state index < -0.39 is 43.0 Å². The van der Waals surface area contributed by atoms with Crippen molar-refractivity contribution in [1.29, 1.82) is 0 Å². The molecule has 10 heteroatoms. The lowest BCUT2D eigenvalue weighted by Crippen LogP contribution is -2.51. The number of carbonyl (C=O) groups is 2. The van der Waals surface area contributed by atoms with Gasteiger partial charge in [-0.2, -0.15) is 8.78 Å². The summed E-state index contributed by atoms with van der Waals surface area (Å²) in [7, 11) is 0. The number of nitrogens with zero attached hydrogens (tertiary/aromatic N) is 2. The number of amides is 2. The molecule has 3 aromatic rings. The number of hydrogen-bond acceptors (Lipinski definition) is 5. The zero-order valence-electron chi connectivity index (χ0n) is 21.8. The topological polar surface area (TPSA) is 80.8 Å². The van der Waals surface area contributed by atoms with Crippen molar-refractivity contribution in [3.05, 3.63) is 89.7 Å². The molecular formula is C29H30F3N3O4. The average Bonchev–Trinajstić information content (AvgIpc) is 3.22. The third-order valence-electron chi connectivity index (χ3n) is 6.61. The van der Waals surface area contributed by atoms with E-state index in [4.69, 9.17) is 9.47 Å². The number of nitrogens with one attached hydrogen (secondary N) is 1. The number of ether oxygens (including phenoxy) is 2. The second kappa shape index (κ2) is 11.9. The van der Waals surface area contributed by atoms with E-state index in [0.29, 0.717) is 11.3 Å². The lowest BCUT2D eigenvalue weighted by molar-refractivity contribution is -0.159. The van der Waals surface area contributed by atoms with E-state index in [2.05, 4.69) is 10.3 Å². The first-order chi connectivity index (χ1) is 18.6. The molecule has 0 spiro atoms. The number of alkyl halides is 3. The van der Waals surface area contributed by atoms with Gasteiger partial charge < -0.3 is 19.7 Å². The molecule has 7 nitrogen and oxygen atoms in total. The molecule has 39 heavy (non-hydrogen) atoms. The Hall–Kier alpha value is -3.92. The van der Waals surface area contributed by atoms with Crippen molar-refractivity contribution in [3.63, 3.8) is 0 Å². The van der Waals surface area contributed by atoms with Gasteiger partial charge in [0.2, 0.25) is 0 Å². The van der Waals surface area contributed by atoms with Crippen LogP contribution in [0.2, 0.25) is 0 Å². The van der Waals surface area contributed by atoms with E-state index in [1.807, 2.05) is 36.4 Å². The summed E-state index contributed by atoms with van der Waals surface area (Å²) in [6, 6.07) is 18.5. The predicted molar refractivity (Wildman–Crippen MR) is 138 cm³/mol. The van der Waals surface area contributed by atoms with Gasteiger partial charge in [-0.05, 0) is 43.5 Å². The molecule has 0 bridgehead atoms. The van der Waals surface area contributed by atoms with Crippen molar-refractivity contribution in [3.8, 4) is 11.1 Å². The largest absolute Gasteiger partial charge is 0.445 e. The number of rotatable bonds is 8. The maximum absolute atomic E-state index is 13.9. The van der Waals surface area contributed by atoms with Crippen LogP contribution >= 0.6 is 0 Å². The zero-order valence-corrected chi connectivity index (χ0v) is 21.8. The summed E-state index contributed by atoms with van der Waals surface area (Å²) >= 11 is 0. The SMILES string of the molecule is CC(NC(=O)OCc1ccccc1)c1ccc(-c2ccc([C@H]3OC(C)(C)N(C(=O)C(F)F)[C@H]3CF)cc2)cn1. The van der Waals surface area contributed by atoms with Crippen LogP contribution in [0.5, 0.6) is 0 Å². The first kappa shape index (κ1) is 28.1. The maximum Gasteiger partial charge on any atom is 0.407 e. The van der Waals surface area contributed by atoms with Crippen molar-refractivity contribution in [2.75, 3.05) is 6.67 Å². The van der Waals surface area contributed by atoms with Crippen LogP contribution < -0.4 is 5.32 Å². The fourth-order valence-corrected chi connectivity index (χ4v) is 4.67. The highest BCUT2D eigenvalue weighted by molar-refractivity contribution is 5.80. The Morgan fingerprint density at radius 3 is 2.31 bits per heavy atom. The van der Waals surface area contributed by atoms with Crippen LogP contribution in [-0.4, -0.2) is 46.8 Å². The van der Waals surface area contributed by atoms with Gasteiger partial charge in [-0.1, -0.05) is 60.7 Å². The summed E-state index contributed by atoms with van der Waals surface area (Å²) in [6.45, 7) is 3.88. The molecule has 2 amide bonds. The van der Waals surface area contributed by atoms with Crippen LogP contribution in [0.15, 0.2) is 72.9 Å². The molecule has 3 atom stereocenters. The van der Waals surface area contributed by atoms with Gasteiger partial charge >= 0.3 is 12.5 Å². The lowest BCUT2D eigenvalue weighted by atomic mass is 9.99. The fraction of sp³-hybridized carbons (Fsp3) is 0.345. The Morgan fingerprint density at radius 2 is 1.72 bits per heavy atom. The predicted octanol–water partition coefficient (Wildman–Crippen LogP) is 5.98. The Bertz CT molecular complexity index is 1270. The number of benzene rings is 2. The smallest absolute Gasteiger partial charge is 0.407 e. The van der Waals surface area contributed by atoms with Gasteiger partial charge in [-0.15, -0.1) is 0 Å². The van der Waals surface area contributed by atoms with Gasteiger partial charge in [0.1, 0.15) is 25.1 Å². The van der Waals surface area contributed by atoms with Crippen LogP contribution in [-0.2, 0) is 20.9 Å². The average molecular weight is 542 g/mol. The van der Waals surface area contributed by atoms with Crippen molar-refractivity contribution in [1.82, 2.24) is 15.2 Å². The van der Waals surface area contributed by atoms with Crippen molar-refractivity contribution < 1.29 is 32.2 Å². The van der Waals surface area contributed by atoms with Gasteiger partial charge in [0.15, 0.2) is 0 Å². The molecule has 1 N–H and O–H groups in total. The van der Waals surface area contributed by atoms with E-state index in [1.165, 1.54) is 13.8 Å². The Balaban J connectivity index is 1.40. The van der Waals surface area contributed by atoms with Gasteiger partial charge in [0, 0.05) is 11.8 Å². The summed E-state index contributed by atoms with van der Waals surface area (Å²) in [5.41, 5.74) is 2.32. The van der Waals surface area contributed by atoms with E-state index in [0.717, 1.165) is 21.6 Å². The molecule has 2 heterocycles. The number of carbonyl (C=O) groups excluding carboxylic acids is 2. The number of hydrogen-bond donors (Lipinski definition) is 1. The van der Waals surface area contributed by atoms with Crippen LogP contribution in [0, 0.1) is 0 Å². The molecule has 1 aliphatic heterocycles. The summed E-state index contributed by atoms with van der Waals surface area (Å²) in [6.07, 6.45) is -3.03. The molecule has 1 aliphatic rings. The second-order valence-corrected chi connectivity index (χ2v) is 9.74. The Kier molecular flexibility index (Phi) is 8.54. The highest BCUT2D eigenvalue weighted by atomic mass is 19.3. The first-order valence-electron chi connectivity index (χ1n) is 12.5. The molecule has 0 radical (unpaired) electrons. The minimum absolute atomic E-state index is 0.164. The van der Waals surface area contributed by atoms with Gasteiger partial charge in [-0.25, -0.2) is 9.18 Å². The van der Waals surface area contributed by atoms with E-state index in [-0.39, 0.29) is 12.6 Å². The van der Waals surface area contributed by atoms with Gasteiger partial charge in [-0.3, -0.25) is 9.78 Å². The minimum atomic E-state index is -3.25. The fourth-order valence-electron chi connectivity index (χ4n) is 4.67. The Labute approximate surface area is 224 Å². The molecule has 206 valence electrons. The van der Waals surface area contributed by atoms with E-state index >= 15 is 0 Å². The molecule has 1 aromatic heterocycles. The van der Waals surface area contributed by atoms with Crippen LogP contribution in [0.25, 0.3) is 11.1 Å². The number of alkyl carbamates (subject to hydrolysis) is 1. The van der Waals surface area contributed by atoms with Crippen LogP contribution in [0.1, 0.15) is 49.7 Å². The third kappa shape index (κ3) is 6.39. The van der Waals surface area contributed by atoms with Gasteiger partial charge in [0.25, 0.3) is 5.91 Å². The van der Waals surface area contributed by atoms with Crippen LogP contribution in [0.4, 0.5) is 18.0 Å². The number of pyridine rings is 1. The highest BCUT2D eigenvalue weighted by Crippen LogP contribution is 2.42. The number of halogens is 3. The van der Waals surface area contributed by atoms with Crippen molar-refractivity contribution in [2.24, 2.45) is 0 Å². The molecular weight excluding hydrogens is 511 g/mol. The zero-order chi connectivity index (χ0) is 28.2. The summed E-state index contributed by atoms with van der Waals surface area (Å²) in [4.78, 5) is 29.5. The quantitative estimate of drug-likeness (QED) is 0.380. The molecule has 4 rings (SSSR count). The Morgan fingerprint density at radius 1 is 1.05 bits per heavy atom. The summed E-state index contributed by atoms with van der Waals surface area (Å²) < 4.78 is 51.3. The lowest BCUT2D eigenvalue weighted by Gasteiger charge is -2.32. The van der Waals surface area contributed by atoms with E-state index in [9.17, 15) is 22.8 Å². The third-order valence-corrected chi connectivity index (χ3v) is 6.61. The second-order valence-electron chi connectivity index (χ2n) is 9.74. The molecule has 0 saturated carbocycles. The van der Waals surface area contributed by atoms with Crippen molar-refractivity contribution >= 4 is 12.0 Å². The minimum Gasteiger partial charge on any atom is -0.445 e. The number of aromatic nitrogens is 1. The molecule has 0 aliphatic carbocycles.